The Morgan fingerprint density at radius 1 is 1.09 bits per heavy atom. The van der Waals surface area contributed by atoms with Gasteiger partial charge in [-0.05, 0) is 42.8 Å². The van der Waals surface area contributed by atoms with E-state index in [2.05, 4.69) is 5.16 Å². The second-order valence-electron chi connectivity index (χ2n) is 7.25. The van der Waals surface area contributed by atoms with Crippen molar-refractivity contribution in [3.8, 4) is 17.2 Å². The number of Topliss-reactive ketones (excluding diaryl/α,β-unsaturated/α-hetero) is 1. The van der Waals surface area contributed by atoms with Gasteiger partial charge >= 0.3 is 5.91 Å². The van der Waals surface area contributed by atoms with Crippen LogP contribution in [-0.2, 0) is 9.59 Å². The number of hydrogen-bond donors (Lipinski definition) is 2. The lowest BCUT2D eigenvalue weighted by Crippen LogP contribution is -2.29. The van der Waals surface area contributed by atoms with E-state index < -0.39 is 23.5 Å². The number of phenols is 1. The molecule has 1 aliphatic rings. The van der Waals surface area contributed by atoms with Crippen LogP contribution < -0.4 is 14.4 Å². The number of carbonyl (C=O) groups excluding carboxylic acids is 2. The Balaban J connectivity index is 1.96. The van der Waals surface area contributed by atoms with Gasteiger partial charge in [0.2, 0.25) is 0 Å². The van der Waals surface area contributed by atoms with Gasteiger partial charge < -0.3 is 24.2 Å². The first-order chi connectivity index (χ1) is 15.8. The van der Waals surface area contributed by atoms with Crippen molar-refractivity contribution >= 4 is 34.9 Å². The van der Waals surface area contributed by atoms with E-state index in [1.54, 1.807) is 6.92 Å². The number of nitrogens with zero attached hydrogens (tertiary/aromatic N) is 2. The zero-order valence-electron chi connectivity index (χ0n) is 17.8. The van der Waals surface area contributed by atoms with Crippen molar-refractivity contribution < 1.29 is 33.8 Å². The van der Waals surface area contributed by atoms with Gasteiger partial charge in [0, 0.05) is 11.6 Å². The highest BCUT2D eigenvalue weighted by atomic mass is 35.5. The maximum absolute atomic E-state index is 13.1. The number of hydrogen-bond acceptors (Lipinski definition) is 8. The van der Waals surface area contributed by atoms with Crippen LogP contribution in [0.1, 0.15) is 22.9 Å². The highest BCUT2D eigenvalue weighted by Crippen LogP contribution is 2.44. The number of aryl methyl sites for hydroxylation is 1. The summed E-state index contributed by atoms with van der Waals surface area (Å²) in [6, 6.07) is 9.26. The molecule has 2 N–H and O–H groups in total. The lowest BCUT2D eigenvalue weighted by atomic mass is 9.95. The molecule has 170 valence electrons. The number of phenolic OH excluding ortho intramolecular Hbond substituents is 1. The van der Waals surface area contributed by atoms with Gasteiger partial charge in [-0.1, -0.05) is 22.8 Å². The van der Waals surface area contributed by atoms with Crippen LogP contribution in [-0.4, -0.2) is 41.3 Å². The molecule has 1 amide bonds. The zero-order valence-corrected chi connectivity index (χ0v) is 18.6. The third kappa shape index (κ3) is 3.76. The number of methoxy groups -OCH3 is 2. The molecule has 2 heterocycles. The molecule has 0 bridgehead atoms. The van der Waals surface area contributed by atoms with Crippen LogP contribution in [0.3, 0.4) is 0 Å². The second-order valence-corrected chi connectivity index (χ2v) is 7.65. The third-order valence-corrected chi connectivity index (χ3v) is 5.55. The van der Waals surface area contributed by atoms with E-state index in [1.807, 2.05) is 0 Å². The number of aromatic hydroxyl groups is 1. The predicted molar refractivity (Wildman–Crippen MR) is 119 cm³/mol. The highest BCUT2D eigenvalue weighted by Gasteiger charge is 2.48. The van der Waals surface area contributed by atoms with E-state index in [0.29, 0.717) is 17.1 Å². The Bertz CT molecular complexity index is 1300. The molecular formula is C23H19ClN2O7. The van der Waals surface area contributed by atoms with E-state index in [1.165, 1.54) is 56.7 Å². The van der Waals surface area contributed by atoms with E-state index in [4.69, 9.17) is 25.6 Å². The summed E-state index contributed by atoms with van der Waals surface area (Å²) < 4.78 is 15.4. The van der Waals surface area contributed by atoms with Crippen LogP contribution in [0.5, 0.6) is 17.2 Å². The van der Waals surface area contributed by atoms with Gasteiger partial charge in [0.25, 0.3) is 5.78 Å². The SMILES string of the molecule is COc1cc(C2C(=C(O)c3ccc(OC)c(Cl)c3)C(=O)C(=O)N2c2cc(C)on2)ccc1O. The number of aliphatic hydroxyl groups is 1. The fraction of sp³-hybridized carbons (Fsp3) is 0.174. The minimum absolute atomic E-state index is 0.0958. The molecular weight excluding hydrogens is 452 g/mol. The number of aromatic nitrogens is 1. The van der Waals surface area contributed by atoms with Crippen molar-refractivity contribution in [1.29, 1.82) is 0 Å². The molecule has 1 aliphatic heterocycles. The molecule has 1 fully saturated rings. The van der Waals surface area contributed by atoms with Gasteiger partial charge in [-0.15, -0.1) is 0 Å². The molecule has 1 saturated heterocycles. The largest absolute Gasteiger partial charge is 0.507 e. The lowest BCUT2D eigenvalue weighted by Gasteiger charge is -2.23. The van der Waals surface area contributed by atoms with Crippen molar-refractivity contribution in [3.05, 3.63) is 69.9 Å². The lowest BCUT2D eigenvalue weighted by molar-refractivity contribution is -0.132. The maximum atomic E-state index is 13.1. The number of anilines is 1. The van der Waals surface area contributed by atoms with Gasteiger partial charge in [-0.3, -0.25) is 14.5 Å². The summed E-state index contributed by atoms with van der Waals surface area (Å²) in [6.07, 6.45) is 0. The quantitative estimate of drug-likeness (QED) is 0.326. The molecule has 1 aromatic heterocycles. The molecule has 9 nitrogen and oxygen atoms in total. The average Bonchev–Trinajstić information content (AvgIpc) is 3.34. The van der Waals surface area contributed by atoms with E-state index in [9.17, 15) is 19.8 Å². The summed E-state index contributed by atoms with van der Waals surface area (Å²) in [5.74, 6) is -1.35. The summed E-state index contributed by atoms with van der Waals surface area (Å²) >= 11 is 6.20. The number of benzene rings is 2. The number of ether oxygens (including phenoxy) is 2. The molecule has 0 saturated carbocycles. The Morgan fingerprint density at radius 3 is 2.42 bits per heavy atom. The number of amides is 1. The summed E-state index contributed by atoms with van der Waals surface area (Å²) in [4.78, 5) is 27.3. The molecule has 0 aliphatic carbocycles. The summed E-state index contributed by atoms with van der Waals surface area (Å²) in [7, 11) is 2.82. The molecule has 33 heavy (non-hydrogen) atoms. The number of aliphatic hydroxyl groups excluding tert-OH is 1. The molecule has 0 radical (unpaired) electrons. The van der Waals surface area contributed by atoms with Crippen molar-refractivity contribution in [2.24, 2.45) is 0 Å². The maximum Gasteiger partial charge on any atom is 0.301 e. The number of halogens is 1. The third-order valence-electron chi connectivity index (χ3n) is 5.25. The Kier molecular flexibility index (Phi) is 5.73. The van der Waals surface area contributed by atoms with Crippen LogP contribution in [0.15, 0.2) is 52.6 Å². The molecule has 2 aromatic carbocycles. The van der Waals surface area contributed by atoms with Crippen molar-refractivity contribution in [2.75, 3.05) is 19.1 Å². The zero-order chi connectivity index (χ0) is 23.9. The smallest absolute Gasteiger partial charge is 0.301 e. The number of ketones is 1. The van der Waals surface area contributed by atoms with Crippen LogP contribution in [0.25, 0.3) is 5.76 Å². The van der Waals surface area contributed by atoms with Gasteiger partial charge in [0.1, 0.15) is 17.3 Å². The Morgan fingerprint density at radius 2 is 1.82 bits per heavy atom. The molecule has 1 atom stereocenters. The topological polar surface area (TPSA) is 122 Å². The first-order valence-corrected chi connectivity index (χ1v) is 10.1. The summed E-state index contributed by atoms with van der Waals surface area (Å²) in [5.41, 5.74) is 0.422. The van der Waals surface area contributed by atoms with Crippen LogP contribution in [0.4, 0.5) is 5.82 Å². The second kappa shape index (κ2) is 8.51. The molecule has 10 heteroatoms. The summed E-state index contributed by atoms with van der Waals surface area (Å²) in [6.45, 7) is 1.64. The van der Waals surface area contributed by atoms with Gasteiger partial charge in [0.05, 0.1) is 30.9 Å². The minimum Gasteiger partial charge on any atom is -0.507 e. The average molecular weight is 471 g/mol. The fourth-order valence-electron chi connectivity index (χ4n) is 3.68. The van der Waals surface area contributed by atoms with Crippen LogP contribution in [0, 0.1) is 6.92 Å². The van der Waals surface area contributed by atoms with Crippen LogP contribution in [0.2, 0.25) is 5.02 Å². The monoisotopic (exact) mass is 470 g/mol. The van der Waals surface area contributed by atoms with Gasteiger partial charge in [-0.25, -0.2) is 0 Å². The van der Waals surface area contributed by atoms with E-state index in [0.717, 1.165) is 4.90 Å². The van der Waals surface area contributed by atoms with Crippen molar-refractivity contribution in [2.45, 2.75) is 13.0 Å². The molecule has 0 spiro atoms. The Hall–Kier alpha value is -3.98. The normalized spacial score (nSPS) is 17.5. The van der Waals surface area contributed by atoms with Gasteiger partial charge in [-0.2, -0.15) is 0 Å². The first kappa shape index (κ1) is 22.2. The molecule has 1 unspecified atom stereocenters. The van der Waals surface area contributed by atoms with Crippen LogP contribution >= 0.6 is 11.6 Å². The Labute approximate surface area is 193 Å². The fourth-order valence-corrected chi connectivity index (χ4v) is 3.94. The first-order valence-electron chi connectivity index (χ1n) is 9.72. The van der Waals surface area contributed by atoms with Gasteiger partial charge in [0.15, 0.2) is 17.3 Å². The number of rotatable bonds is 5. The van der Waals surface area contributed by atoms with Crippen molar-refractivity contribution in [1.82, 2.24) is 5.16 Å². The number of carbonyl (C=O) groups is 2. The van der Waals surface area contributed by atoms with Crippen molar-refractivity contribution in [3.63, 3.8) is 0 Å². The van der Waals surface area contributed by atoms with E-state index >= 15 is 0 Å². The van der Waals surface area contributed by atoms with E-state index in [-0.39, 0.29) is 33.5 Å². The molecule has 3 aromatic rings. The molecule has 4 rings (SSSR count). The highest BCUT2D eigenvalue weighted by molar-refractivity contribution is 6.51. The summed E-state index contributed by atoms with van der Waals surface area (Å²) in [5, 5.41) is 25.2. The standard InChI is InChI=1S/C23H19ClN2O7/c1-11-8-18(25-33-11)26-20(12-4-6-15(27)17(10-12)32-3)19(22(29)23(26)30)21(28)13-5-7-16(31-2)14(24)9-13/h4-10,20,27-28H,1-3H3. The minimum atomic E-state index is -1.08. The predicted octanol–water partition coefficient (Wildman–Crippen LogP) is 3.99.